The Morgan fingerprint density at radius 2 is 1.93 bits per heavy atom. The summed E-state index contributed by atoms with van der Waals surface area (Å²) in [6, 6.07) is 9.18. The number of benzene rings is 1. The second-order valence-corrected chi connectivity index (χ2v) is 2.68. The molecule has 0 saturated heterocycles. The fraction of sp³-hybridized carbons (Fsp3) is 0. The average molecular weight is 182 g/mol. The van der Waals surface area contributed by atoms with Crippen molar-refractivity contribution in [2.75, 3.05) is 0 Å². The van der Waals surface area contributed by atoms with E-state index in [-0.39, 0.29) is 0 Å². The first-order valence-electron chi connectivity index (χ1n) is 4.03. The largest absolute Gasteiger partial charge is 0.241 e. The maximum absolute atomic E-state index is 8.61. The third-order valence-electron chi connectivity index (χ3n) is 1.79. The van der Waals surface area contributed by atoms with E-state index in [1.54, 1.807) is 18.3 Å². The Bertz CT molecular complexity index is 456. The van der Waals surface area contributed by atoms with Crippen LogP contribution in [0.25, 0.3) is 11.3 Å². The van der Waals surface area contributed by atoms with Gasteiger partial charge in [0.05, 0.1) is 17.8 Å². The Balaban J connectivity index is 2.40. The van der Waals surface area contributed by atoms with E-state index in [0.717, 1.165) is 5.56 Å². The molecule has 0 saturated carbocycles. The highest BCUT2D eigenvalue weighted by atomic mass is 15.1. The lowest BCUT2D eigenvalue weighted by Crippen LogP contribution is -1.88. The quantitative estimate of drug-likeness (QED) is 0.668. The van der Waals surface area contributed by atoms with Gasteiger partial charge in [-0.05, 0) is 12.1 Å². The van der Waals surface area contributed by atoms with Gasteiger partial charge in [0.25, 0.3) is 0 Å². The lowest BCUT2D eigenvalue weighted by Gasteiger charge is -1.97. The normalized spacial score (nSPS) is 9.36. The predicted octanol–water partition coefficient (Wildman–Crippen LogP) is 1.41. The summed E-state index contributed by atoms with van der Waals surface area (Å²) in [5.41, 5.74) is 2.24. The molecule has 66 valence electrons. The molecule has 4 heteroatoms. The van der Waals surface area contributed by atoms with Crippen molar-refractivity contribution in [2.45, 2.75) is 0 Å². The predicted molar refractivity (Wildman–Crippen MR) is 50.0 cm³/mol. The van der Waals surface area contributed by atoms with E-state index < -0.39 is 0 Å². The van der Waals surface area contributed by atoms with E-state index in [2.05, 4.69) is 21.3 Å². The van der Waals surface area contributed by atoms with Crippen LogP contribution in [0.2, 0.25) is 0 Å². The molecule has 0 aliphatic rings. The molecular formula is C10H6N4. The van der Waals surface area contributed by atoms with E-state index in [0.29, 0.717) is 11.3 Å². The Morgan fingerprint density at radius 3 is 2.50 bits per heavy atom. The van der Waals surface area contributed by atoms with Crippen LogP contribution in [0.3, 0.4) is 0 Å². The second kappa shape index (κ2) is 3.62. The van der Waals surface area contributed by atoms with Gasteiger partial charge in [-0.3, -0.25) is 0 Å². The molecule has 0 fully saturated rings. The minimum absolute atomic E-state index is 0.630. The molecule has 1 heterocycles. The lowest BCUT2D eigenvalue weighted by molar-refractivity contribution is 0.976. The first-order valence-corrected chi connectivity index (χ1v) is 4.03. The SMILES string of the molecule is N#Cc1ccc(-c2cncnn2)cc1. The summed E-state index contributed by atoms with van der Waals surface area (Å²) < 4.78 is 0. The van der Waals surface area contributed by atoms with Crippen molar-refractivity contribution in [3.63, 3.8) is 0 Å². The van der Waals surface area contributed by atoms with Crippen molar-refractivity contribution in [3.05, 3.63) is 42.4 Å². The van der Waals surface area contributed by atoms with Gasteiger partial charge in [0, 0.05) is 5.56 Å². The van der Waals surface area contributed by atoms with E-state index in [1.165, 1.54) is 6.33 Å². The molecule has 0 unspecified atom stereocenters. The zero-order valence-corrected chi connectivity index (χ0v) is 7.25. The summed E-state index contributed by atoms with van der Waals surface area (Å²) in [6.07, 6.45) is 3.02. The first-order chi connectivity index (χ1) is 6.90. The van der Waals surface area contributed by atoms with Gasteiger partial charge < -0.3 is 0 Å². The molecule has 0 atom stereocenters. The fourth-order valence-electron chi connectivity index (χ4n) is 1.10. The van der Waals surface area contributed by atoms with Crippen molar-refractivity contribution in [1.29, 1.82) is 5.26 Å². The molecule has 0 spiro atoms. The maximum Gasteiger partial charge on any atom is 0.138 e. The summed E-state index contributed by atoms with van der Waals surface area (Å²) in [5, 5.41) is 16.2. The number of nitriles is 1. The number of aromatic nitrogens is 3. The van der Waals surface area contributed by atoms with Crippen LogP contribution in [-0.2, 0) is 0 Å². The standard InChI is InChI=1S/C10H6N4/c11-5-8-1-3-9(4-2-8)10-6-12-7-13-14-10/h1-4,6-7H. The molecule has 1 aromatic heterocycles. The highest BCUT2D eigenvalue weighted by molar-refractivity contribution is 5.58. The molecule has 0 aliphatic heterocycles. The summed E-state index contributed by atoms with van der Waals surface area (Å²) in [6.45, 7) is 0. The van der Waals surface area contributed by atoms with Crippen LogP contribution in [-0.4, -0.2) is 15.2 Å². The van der Waals surface area contributed by atoms with Crippen LogP contribution in [0.5, 0.6) is 0 Å². The Morgan fingerprint density at radius 1 is 1.14 bits per heavy atom. The highest BCUT2D eigenvalue weighted by Gasteiger charge is 1.98. The van der Waals surface area contributed by atoms with Crippen molar-refractivity contribution in [1.82, 2.24) is 15.2 Å². The van der Waals surface area contributed by atoms with E-state index >= 15 is 0 Å². The van der Waals surface area contributed by atoms with Crippen LogP contribution in [0.1, 0.15) is 5.56 Å². The number of hydrogen-bond donors (Lipinski definition) is 0. The highest BCUT2D eigenvalue weighted by Crippen LogP contribution is 2.14. The van der Waals surface area contributed by atoms with E-state index in [4.69, 9.17) is 5.26 Å². The third-order valence-corrected chi connectivity index (χ3v) is 1.79. The average Bonchev–Trinajstić information content (AvgIpc) is 2.30. The minimum Gasteiger partial charge on any atom is -0.241 e. The minimum atomic E-state index is 0.630. The van der Waals surface area contributed by atoms with Crippen LogP contribution in [0.4, 0.5) is 0 Å². The number of hydrogen-bond acceptors (Lipinski definition) is 4. The molecule has 4 nitrogen and oxygen atoms in total. The Labute approximate surface area is 80.9 Å². The van der Waals surface area contributed by atoms with Crippen LogP contribution >= 0.6 is 0 Å². The zero-order chi connectivity index (χ0) is 9.80. The molecule has 0 bridgehead atoms. The first kappa shape index (κ1) is 8.32. The number of rotatable bonds is 1. The van der Waals surface area contributed by atoms with Gasteiger partial charge in [-0.2, -0.15) is 5.26 Å². The van der Waals surface area contributed by atoms with Crippen molar-refractivity contribution in [2.24, 2.45) is 0 Å². The topological polar surface area (TPSA) is 62.5 Å². The Hall–Kier alpha value is -2.28. The van der Waals surface area contributed by atoms with Gasteiger partial charge in [-0.15, -0.1) is 10.2 Å². The van der Waals surface area contributed by atoms with Crippen molar-refractivity contribution < 1.29 is 0 Å². The lowest BCUT2D eigenvalue weighted by atomic mass is 10.1. The van der Waals surface area contributed by atoms with Crippen LogP contribution in [0, 0.1) is 11.3 Å². The zero-order valence-electron chi connectivity index (χ0n) is 7.25. The molecular weight excluding hydrogens is 176 g/mol. The summed E-state index contributed by atoms with van der Waals surface area (Å²) in [5.74, 6) is 0. The summed E-state index contributed by atoms with van der Waals surface area (Å²) in [7, 11) is 0. The van der Waals surface area contributed by atoms with Gasteiger partial charge in [0.15, 0.2) is 0 Å². The van der Waals surface area contributed by atoms with Gasteiger partial charge in [-0.1, -0.05) is 12.1 Å². The van der Waals surface area contributed by atoms with Crippen LogP contribution in [0.15, 0.2) is 36.8 Å². The third kappa shape index (κ3) is 1.57. The molecule has 2 rings (SSSR count). The van der Waals surface area contributed by atoms with Crippen molar-refractivity contribution >= 4 is 0 Å². The molecule has 14 heavy (non-hydrogen) atoms. The molecule has 0 aliphatic carbocycles. The molecule has 0 radical (unpaired) electrons. The van der Waals surface area contributed by atoms with Gasteiger partial charge in [0.2, 0.25) is 0 Å². The fourth-order valence-corrected chi connectivity index (χ4v) is 1.10. The maximum atomic E-state index is 8.61. The van der Waals surface area contributed by atoms with Gasteiger partial charge in [-0.25, -0.2) is 4.98 Å². The van der Waals surface area contributed by atoms with Crippen molar-refractivity contribution in [3.8, 4) is 17.3 Å². The number of nitrogens with zero attached hydrogens (tertiary/aromatic N) is 4. The molecule has 0 N–H and O–H groups in total. The molecule has 2 aromatic rings. The summed E-state index contributed by atoms with van der Waals surface area (Å²) in [4.78, 5) is 3.87. The van der Waals surface area contributed by atoms with E-state index in [1.807, 2.05) is 12.1 Å². The van der Waals surface area contributed by atoms with Gasteiger partial charge in [0.1, 0.15) is 12.0 Å². The smallest absolute Gasteiger partial charge is 0.138 e. The van der Waals surface area contributed by atoms with Crippen LogP contribution < -0.4 is 0 Å². The molecule has 1 aromatic carbocycles. The van der Waals surface area contributed by atoms with E-state index in [9.17, 15) is 0 Å². The Kier molecular flexibility index (Phi) is 2.15. The van der Waals surface area contributed by atoms with Gasteiger partial charge >= 0.3 is 0 Å². The monoisotopic (exact) mass is 182 g/mol. The molecule has 0 amide bonds. The summed E-state index contributed by atoms with van der Waals surface area (Å²) >= 11 is 0. The second-order valence-electron chi connectivity index (χ2n) is 2.68.